The number of amides is 1. The molecule has 0 unspecified atom stereocenters. The zero-order valence-electron chi connectivity index (χ0n) is 9.59. The molecule has 19 heavy (non-hydrogen) atoms. The molecule has 5 nitrogen and oxygen atoms in total. The first-order valence-corrected chi connectivity index (χ1v) is 6.08. The molecule has 0 radical (unpaired) electrons. The Morgan fingerprint density at radius 1 is 1.42 bits per heavy atom. The third-order valence-electron chi connectivity index (χ3n) is 2.44. The van der Waals surface area contributed by atoms with Crippen LogP contribution in [-0.4, -0.2) is 33.5 Å². The van der Waals surface area contributed by atoms with E-state index in [1.54, 1.807) is 30.3 Å². The van der Waals surface area contributed by atoms with Crippen LogP contribution in [0.15, 0.2) is 30.0 Å². The van der Waals surface area contributed by atoms with E-state index in [4.69, 9.17) is 28.9 Å². The zero-order valence-corrected chi connectivity index (χ0v) is 11.2. The van der Waals surface area contributed by atoms with Gasteiger partial charge in [-0.2, -0.15) is 0 Å². The van der Waals surface area contributed by atoms with Crippen LogP contribution in [0.2, 0.25) is 5.02 Å². The highest BCUT2D eigenvalue weighted by atomic mass is 35.5. The van der Waals surface area contributed by atoms with Crippen molar-refractivity contribution < 1.29 is 14.7 Å². The van der Waals surface area contributed by atoms with Crippen molar-refractivity contribution in [3.05, 3.63) is 40.5 Å². The molecular weight excluding hydrogens is 288 g/mol. The molecule has 1 fully saturated rings. The summed E-state index contributed by atoms with van der Waals surface area (Å²) in [4.78, 5) is 23.6. The number of hydrogen-bond acceptors (Lipinski definition) is 3. The zero-order chi connectivity index (χ0) is 14.0. The number of thiocarbonyl (C=S) groups is 1. The van der Waals surface area contributed by atoms with Crippen molar-refractivity contribution in [3.63, 3.8) is 0 Å². The predicted molar refractivity (Wildman–Crippen MR) is 74.5 cm³/mol. The number of nitrogens with one attached hydrogen (secondary N) is 1. The second-order valence-electron chi connectivity index (χ2n) is 3.82. The van der Waals surface area contributed by atoms with Gasteiger partial charge < -0.3 is 10.4 Å². The number of rotatable bonds is 3. The van der Waals surface area contributed by atoms with Crippen LogP contribution < -0.4 is 5.32 Å². The Bertz CT molecular complexity index is 583. The topological polar surface area (TPSA) is 69.6 Å². The van der Waals surface area contributed by atoms with E-state index < -0.39 is 18.4 Å². The maximum Gasteiger partial charge on any atom is 0.323 e. The lowest BCUT2D eigenvalue weighted by Gasteiger charge is -2.09. The van der Waals surface area contributed by atoms with Crippen LogP contribution in [0.5, 0.6) is 0 Å². The second kappa shape index (κ2) is 5.38. The van der Waals surface area contributed by atoms with Gasteiger partial charge in [0.2, 0.25) is 0 Å². The lowest BCUT2D eigenvalue weighted by Crippen LogP contribution is -2.35. The van der Waals surface area contributed by atoms with Gasteiger partial charge in [-0.1, -0.05) is 23.7 Å². The molecule has 0 bridgehead atoms. The van der Waals surface area contributed by atoms with Crippen molar-refractivity contribution in [1.82, 2.24) is 10.2 Å². The molecule has 7 heteroatoms. The summed E-state index contributed by atoms with van der Waals surface area (Å²) in [6, 6.07) is 6.88. The van der Waals surface area contributed by atoms with Gasteiger partial charge in [-0.05, 0) is 36.0 Å². The van der Waals surface area contributed by atoms with Crippen molar-refractivity contribution >= 4 is 46.9 Å². The summed E-state index contributed by atoms with van der Waals surface area (Å²) in [5.74, 6) is -1.58. The highest BCUT2D eigenvalue weighted by Crippen LogP contribution is 2.16. The standard InChI is InChI=1S/C12H9ClN2O3S/c13-8-3-1-7(2-4-8)5-9-11(18)15(6-10(16)17)12(19)14-9/h1-5H,6H2,(H,14,19)(H,16,17)/b9-5-. The first-order chi connectivity index (χ1) is 8.97. The van der Waals surface area contributed by atoms with E-state index in [0.29, 0.717) is 5.02 Å². The second-order valence-corrected chi connectivity index (χ2v) is 4.65. The van der Waals surface area contributed by atoms with E-state index >= 15 is 0 Å². The van der Waals surface area contributed by atoms with Crippen LogP contribution in [-0.2, 0) is 9.59 Å². The molecule has 0 aliphatic carbocycles. The van der Waals surface area contributed by atoms with Gasteiger partial charge in [0.05, 0.1) is 0 Å². The molecule has 1 aromatic carbocycles. The fourth-order valence-corrected chi connectivity index (χ4v) is 1.96. The number of halogens is 1. The van der Waals surface area contributed by atoms with E-state index in [1.165, 1.54) is 0 Å². The van der Waals surface area contributed by atoms with E-state index in [2.05, 4.69) is 5.32 Å². The highest BCUT2D eigenvalue weighted by molar-refractivity contribution is 7.80. The largest absolute Gasteiger partial charge is 0.480 e. The minimum atomic E-state index is -1.12. The number of benzene rings is 1. The quantitative estimate of drug-likeness (QED) is 0.653. The Morgan fingerprint density at radius 2 is 2.05 bits per heavy atom. The van der Waals surface area contributed by atoms with Gasteiger partial charge in [-0.15, -0.1) is 0 Å². The summed E-state index contributed by atoms with van der Waals surface area (Å²) in [5.41, 5.74) is 1.01. The van der Waals surface area contributed by atoms with Gasteiger partial charge in [-0.3, -0.25) is 14.5 Å². The van der Waals surface area contributed by atoms with Crippen LogP contribution >= 0.6 is 23.8 Å². The highest BCUT2D eigenvalue weighted by Gasteiger charge is 2.31. The molecule has 0 saturated carbocycles. The molecule has 0 spiro atoms. The molecule has 1 aromatic rings. The molecule has 0 atom stereocenters. The summed E-state index contributed by atoms with van der Waals surface area (Å²) in [6.45, 7) is -0.456. The number of carboxylic acid groups (broad SMARTS) is 1. The summed E-state index contributed by atoms with van der Waals surface area (Å²) < 4.78 is 0. The molecule has 98 valence electrons. The number of aliphatic carboxylic acids is 1. The summed E-state index contributed by atoms with van der Waals surface area (Å²) in [7, 11) is 0. The van der Waals surface area contributed by atoms with Crippen LogP contribution in [0.1, 0.15) is 5.56 Å². The summed E-state index contributed by atoms with van der Waals surface area (Å²) in [6.07, 6.45) is 1.59. The molecule has 1 aliphatic heterocycles. The van der Waals surface area contributed by atoms with E-state index in [9.17, 15) is 9.59 Å². The van der Waals surface area contributed by atoms with Gasteiger partial charge in [-0.25, -0.2) is 0 Å². The molecule has 1 aliphatic rings. The maximum atomic E-state index is 11.9. The monoisotopic (exact) mass is 296 g/mol. The van der Waals surface area contributed by atoms with Crippen LogP contribution in [0, 0.1) is 0 Å². The third-order valence-corrected chi connectivity index (χ3v) is 3.01. The first-order valence-electron chi connectivity index (χ1n) is 5.29. The minimum absolute atomic E-state index is 0.0904. The van der Waals surface area contributed by atoms with Crippen molar-refractivity contribution in [2.45, 2.75) is 0 Å². The van der Waals surface area contributed by atoms with E-state index in [1.807, 2.05) is 0 Å². The minimum Gasteiger partial charge on any atom is -0.480 e. The number of carbonyl (C=O) groups is 2. The fraction of sp³-hybridized carbons (Fsp3) is 0.0833. The van der Waals surface area contributed by atoms with Gasteiger partial charge in [0.1, 0.15) is 12.2 Å². The number of nitrogens with zero attached hydrogens (tertiary/aromatic N) is 1. The van der Waals surface area contributed by atoms with Gasteiger partial charge in [0, 0.05) is 5.02 Å². The number of hydrogen-bond donors (Lipinski definition) is 2. The average molecular weight is 297 g/mol. The van der Waals surface area contributed by atoms with Crippen LogP contribution in [0.25, 0.3) is 6.08 Å². The fourth-order valence-electron chi connectivity index (χ4n) is 1.58. The molecule has 2 rings (SSSR count). The molecule has 0 aromatic heterocycles. The average Bonchev–Trinajstić information content (AvgIpc) is 2.60. The van der Waals surface area contributed by atoms with Crippen LogP contribution in [0.4, 0.5) is 0 Å². The van der Waals surface area contributed by atoms with Crippen molar-refractivity contribution in [2.24, 2.45) is 0 Å². The Morgan fingerprint density at radius 3 is 2.63 bits per heavy atom. The Labute approximate surface area is 119 Å². The Kier molecular flexibility index (Phi) is 3.82. The lowest BCUT2D eigenvalue weighted by atomic mass is 10.2. The normalized spacial score (nSPS) is 16.9. The van der Waals surface area contributed by atoms with Crippen molar-refractivity contribution in [2.75, 3.05) is 6.54 Å². The van der Waals surface area contributed by atoms with Gasteiger partial charge >= 0.3 is 5.97 Å². The van der Waals surface area contributed by atoms with Gasteiger partial charge in [0.15, 0.2) is 5.11 Å². The summed E-state index contributed by atoms with van der Waals surface area (Å²) in [5, 5.41) is 12.1. The molecule has 1 amide bonds. The van der Waals surface area contributed by atoms with E-state index in [0.717, 1.165) is 10.5 Å². The molecular formula is C12H9ClN2O3S. The van der Waals surface area contributed by atoms with Crippen molar-refractivity contribution in [3.8, 4) is 0 Å². The summed E-state index contributed by atoms with van der Waals surface area (Å²) >= 11 is 10.7. The first kappa shape index (κ1) is 13.5. The maximum absolute atomic E-state index is 11.9. The predicted octanol–water partition coefficient (Wildman–Crippen LogP) is 1.48. The van der Waals surface area contributed by atoms with Gasteiger partial charge in [0.25, 0.3) is 5.91 Å². The Hall–Kier alpha value is -1.92. The van der Waals surface area contributed by atoms with Crippen LogP contribution in [0.3, 0.4) is 0 Å². The lowest BCUT2D eigenvalue weighted by molar-refractivity contribution is -0.140. The number of carboxylic acids is 1. The molecule has 2 N–H and O–H groups in total. The third kappa shape index (κ3) is 3.10. The molecule has 1 saturated heterocycles. The number of carbonyl (C=O) groups excluding carboxylic acids is 1. The van der Waals surface area contributed by atoms with Crippen molar-refractivity contribution in [1.29, 1.82) is 0 Å². The Balaban J connectivity index is 2.23. The SMILES string of the molecule is O=C(O)CN1C(=O)/C(=C/c2ccc(Cl)cc2)NC1=S. The molecule has 1 heterocycles. The van der Waals surface area contributed by atoms with E-state index in [-0.39, 0.29) is 10.8 Å². The smallest absolute Gasteiger partial charge is 0.323 e.